The number of nitriles is 1. The molecule has 0 heterocycles. The summed E-state index contributed by atoms with van der Waals surface area (Å²) in [5.74, 6) is -0.146. The van der Waals surface area contributed by atoms with Crippen molar-refractivity contribution >= 4 is 5.97 Å². The predicted molar refractivity (Wildman–Crippen MR) is 53.8 cm³/mol. The maximum absolute atomic E-state index is 11.2. The summed E-state index contributed by atoms with van der Waals surface area (Å²) < 4.78 is 4.84. The molecular formula is C11H17NO3. The van der Waals surface area contributed by atoms with Crippen molar-refractivity contribution in [3.63, 3.8) is 0 Å². The third-order valence-corrected chi connectivity index (χ3v) is 2.80. The van der Waals surface area contributed by atoms with Crippen LogP contribution in [0.15, 0.2) is 0 Å². The van der Waals surface area contributed by atoms with E-state index in [2.05, 4.69) is 0 Å². The quantitative estimate of drug-likeness (QED) is 0.565. The van der Waals surface area contributed by atoms with Crippen LogP contribution in [0.1, 0.15) is 39.0 Å². The number of rotatable bonds is 3. The molecule has 0 saturated heterocycles. The predicted octanol–water partition coefficient (Wildman–Crippen LogP) is 1.38. The lowest BCUT2D eigenvalue weighted by atomic mass is 9.77. The zero-order valence-electron chi connectivity index (χ0n) is 9.03. The van der Waals surface area contributed by atoms with E-state index in [1.54, 1.807) is 6.92 Å². The Bertz CT molecular complexity index is 271. The number of ether oxygens (including phenoxy) is 1. The van der Waals surface area contributed by atoms with Crippen LogP contribution in [0.4, 0.5) is 0 Å². The van der Waals surface area contributed by atoms with Gasteiger partial charge in [0.15, 0.2) is 5.60 Å². The summed E-state index contributed by atoms with van der Waals surface area (Å²) >= 11 is 0. The Balaban J connectivity index is 2.44. The molecule has 1 N–H and O–H groups in total. The monoisotopic (exact) mass is 211 g/mol. The Morgan fingerprint density at radius 2 is 2.47 bits per heavy atom. The average Bonchev–Trinajstić information content (AvgIpc) is 2.18. The van der Waals surface area contributed by atoms with Crippen LogP contribution in [0.25, 0.3) is 0 Å². The normalized spacial score (nSPS) is 30.6. The Morgan fingerprint density at radius 3 is 3.07 bits per heavy atom. The highest BCUT2D eigenvalue weighted by Crippen LogP contribution is 2.33. The highest BCUT2D eigenvalue weighted by atomic mass is 16.5. The molecule has 1 aliphatic rings. The molecule has 0 aromatic carbocycles. The lowest BCUT2D eigenvalue weighted by Crippen LogP contribution is -2.34. The lowest BCUT2D eigenvalue weighted by Gasteiger charge is -2.30. The van der Waals surface area contributed by atoms with Crippen molar-refractivity contribution < 1.29 is 14.6 Å². The molecule has 0 aromatic heterocycles. The fourth-order valence-corrected chi connectivity index (χ4v) is 2.10. The Hall–Kier alpha value is -1.08. The molecule has 84 valence electrons. The van der Waals surface area contributed by atoms with Crippen LogP contribution in [0, 0.1) is 17.2 Å². The van der Waals surface area contributed by atoms with E-state index in [0.29, 0.717) is 25.9 Å². The van der Waals surface area contributed by atoms with Gasteiger partial charge in [-0.3, -0.25) is 4.79 Å². The molecule has 4 heteroatoms. The van der Waals surface area contributed by atoms with Crippen molar-refractivity contribution in [2.24, 2.45) is 5.92 Å². The molecule has 1 fully saturated rings. The second kappa shape index (κ2) is 5.13. The van der Waals surface area contributed by atoms with Crippen molar-refractivity contribution in [2.45, 2.75) is 44.6 Å². The minimum atomic E-state index is -1.23. The third-order valence-electron chi connectivity index (χ3n) is 2.80. The van der Waals surface area contributed by atoms with Gasteiger partial charge in [0.25, 0.3) is 0 Å². The Labute approximate surface area is 89.8 Å². The van der Waals surface area contributed by atoms with Crippen LogP contribution in [0.5, 0.6) is 0 Å². The van der Waals surface area contributed by atoms with Crippen molar-refractivity contribution in [3.05, 3.63) is 0 Å². The number of aliphatic hydroxyl groups is 1. The summed E-state index contributed by atoms with van der Waals surface area (Å²) in [5, 5.41) is 18.6. The first-order chi connectivity index (χ1) is 7.09. The van der Waals surface area contributed by atoms with Gasteiger partial charge < -0.3 is 9.84 Å². The third kappa shape index (κ3) is 3.52. The minimum absolute atomic E-state index is 0.0856. The maximum atomic E-state index is 11.2. The Morgan fingerprint density at radius 1 is 1.73 bits per heavy atom. The second-order valence-electron chi connectivity index (χ2n) is 4.11. The van der Waals surface area contributed by atoms with Crippen molar-refractivity contribution in [1.29, 1.82) is 5.26 Å². The van der Waals surface area contributed by atoms with Gasteiger partial charge >= 0.3 is 5.97 Å². The van der Waals surface area contributed by atoms with Gasteiger partial charge in [0.1, 0.15) is 0 Å². The molecular weight excluding hydrogens is 194 g/mol. The molecule has 1 aliphatic carbocycles. The average molecular weight is 211 g/mol. The van der Waals surface area contributed by atoms with Crippen molar-refractivity contribution in [3.8, 4) is 6.07 Å². The van der Waals surface area contributed by atoms with Gasteiger partial charge in [-0.25, -0.2) is 0 Å². The minimum Gasteiger partial charge on any atom is -0.466 e. The van der Waals surface area contributed by atoms with Gasteiger partial charge in [-0.2, -0.15) is 5.26 Å². The highest BCUT2D eigenvalue weighted by Gasteiger charge is 2.35. The highest BCUT2D eigenvalue weighted by molar-refractivity contribution is 5.69. The van der Waals surface area contributed by atoms with Crippen LogP contribution in [-0.4, -0.2) is 23.3 Å². The largest absolute Gasteiger partial charge is 0.466 e. The van der Waals surface area contributed by atoms with Gasteiger partial charge in [0, 0.05) is 6.42 Å². The van der Waals surface area contributed by atoms with Gasteiger partial charge in [-0.05, 0) is 38.5 Å². The molecule has 0 bridgehead atoms. The van der Waals surface area contributed by atoms with E-state index in [1.165, 1.54) is 0 Å². The van der Waals surface area contributed by atoms with Crippen LogP contribution in [-0.2, 0) is 9.53 Å². The molecule has 1 rings (SSSR count). The molecule has 2 unspecified atom stereocenters. The summed E-state index contributed by atoms with van der Waals surface area (Å²) in [4.78, 5) is 11.2. The molecule has 0 amide bonds. The number of hydrogen-bond donors (Lipinski definition) is 1. The van der Waals surface area contributed by atoms with E-state index in [-0.39, 0.29) is 11.9 Å². The smallest absolute Gasteiger partial charge is 0.306 e. The molecule has 15 heavy (non-hydrogen) atoms. The van der Waals surface area contributed by atoms with E-state index in [9.17, 15) is 9.90 Å². The van der Waals surface area contributed by atoms with Crippen molar-refractivity contribution in [2.75, 3.05) is 6.61 Å². The van der Waals surface area contributed by atoms with E-state index in [4.69, 9.17) is 10.00 Å². The first-order valence-electron chi connectivity index (χ1n) is 5.39. The first kappa shape index (κ1) is 12.0. The molecule has 0 spiro atoms. The van der Waals surface area contributed by atoms with Crippen molar-refractivity contribution in [1.82, 2.24) is 0 Å². The van der Waals surface area contributed by atoms with Gasteiger partial charge in [0.05, 0.1) is 12.7 Å². The van der Waals surface area contributed by atoms with Gasteiger partial charge in [0.2, 0.25) is 0 Å². The number of esters is 1. The topological polar surface area (TPSA) is 70.3 Å². The van der Waals surface area contributed by atoms with Crippen LogP contribution in [0.3, 0.4) is 0 Å². The SMILES string of the molecule is CCOC(=O)CC1CCCC(O)(C#N)C1. The summed E-state index contributed by atoms with van der Waals surface area (Å²) in [6, 6.07) is 1.92. The molecule has 0 radical (unpaired) electrons. The van der Waals surface area contributed by atoms with Gasteiger partial charge in [-0.15, -0.1) is 0 Å². The van der Waals surface area contributed by atoms with E-state index >= 15 is 0 Å². The van der Waals surface area contributed by atoms with E-state index < -0.39 is 5.60 Å². The summed E-state index contributed by atoms with van der Waals surface area (Å²) in [6.45, 7) is 2.15. The summed E-state index contributed by atoms with van der Waals surface area (Å²) in [5.41, 5.74) is -1.23. The maximum Gasteiger partial charge on any atom is 0.306 e. The fraction of sp³-hybridized carbons (Fsp3) is 0.818. The van der Waals surface area contributed by atoms with E-state index in [1.807, 2.05) is 6.07 Å². The fourth-order valence-electron chi connectivity index (χ4n) is 2.10. The standard InChI is InChI=1S/C11H17NO3/c1-2-15-10(13)6-9-4-3-5-11(14,7-9)8-12/h9,14H,2-7H2,1H3. The summed E-state index contributed by atoms with van der Waals surface area (Å²) in [6.07, 6.45) is 2.92. The second-order valence-corrected chi connectivity index (χ2v) is 4.11. The molecule has 2 atom stereocenters. The van der Waals surface area contributed by atoms with E-state index in [0.717, 1.165) is 12.8 Å². The summed E-state index contributed by atoms with van der Waals surface area (Å²) in [7, 11) is 0. The number of carbonyl (C=O) groups is 1. The first-order valence-corrected chi connectivity index (χ1v) is 5.39. The van der Waals surface area contributed by atoms with Crippen LogP contribution in [0.2, 0.25) is 0 Å². The molecule has 0 aromatic rings. The number of nitrogens with zero attached hydrogens (tertiary/aromatic N) is 1. The number of carbonyl (C=O) groups excluding carboxylic acids is 1. The van der Waals surface area contributed by atoms with Gasteiger partial charge in [-0.1, -0.05) is 0 Å². The number of hydrogen-bond acceptors (Lipinski definition) is 4. The zero-order chi connectivity index (χ0) is 11.3. The van der Waals surface area contributed by atoms with Crippen LogP contribution < -0.4 is 0 Å². The van der Waals surface area contributed by atoms with Crippen LogP contribution >= 0.6 is 0 Å². The molecule has 0 aliphatic heterocycles. The lowest BCUT2D eigenvalue weighted by molar-refractivity contribution is -0.145. The molecule has 4 nitrogen and oxygen atoms in total. The molecule has 1 saturated carbocycles. The zero-order valence-corrected chi connectivity index (χ0v) is 9.03. The Kier molecular flexibility index (Phi) is 4.10.